The number of ether oxygens (including phenoxy) is 2. The molecule has 1 saturated heterocycles. The molecule has 1 aliphatic heterocycles. The number of nitrogens with zero attached hydrogens (tertiary/aromatic N) is 4. The molecule has 130 valence electrons. The van der Waals surface area contributed by atoms with Crippen molar-refractivity contribution in [3.63, 3.8) is 0 Å². The highest BCUT2D eigenvalue weighted by atomic mass is 16.5. The summed E-state index contributed by atoms with van der Waals surface area (Å²) in [5, 5.41) is 12.5. The Bertz CT molecular complexity index is 708. The molecule has 1 N–H and O–H groups in total. The first-order valence-corrected chi connectivity index (χ1v) is 8.71. The molecule has 2 aliphatic rings. The molecule has 7 nitrogen and oxygen atoms in total. The van der Waals surface area contributed by atoms with Gasteiger partial charge in [-0.1, -0.05) is 0 Å². The fraction of sp³-hybridized carbons (Fsp3) is 0.647. The zero-order valence-corrected chi connectivity index (χ0v) is 14.4. The Balaban J connectivity index is 1.41. The van der Waals surface area contributed by atoms with Crippen LogP contribution in [0.1, 0.15) is 29.8 Å². The van der Waals surface area contributed by atoms with Crippen molar-refractivity contribution in [3.05, 3.63) is 29.3 Å². The Morgan fingerprint density at radius 1 is 1.29 bits per heavy atom. The van der Waals surface area contributed by atoms with Crippen molar-refractivity contribution in [2.45, 2.75) is 44.4 Å². The summed E-state index contributed by atoms with van der Waals surface area (Å²) in [5.41, 5.74) is 4.03. The molecule has 0 bridgehead atoms. The molecule has 7 heteroatoms. The van der Waals surface area contributed by atoms with Gasteiger partial charge < -0.3 is 14.8 Å². The number of fused-ring (bicyclic) bond motifs is 1. The highest BCUT2D eigenvalue weighted by molar-refractivity contribution is 5.28. The summed E-state index contributed by atoms with van der Waals surface area (Å²) in [5.74, 6) is 0.790. The van der Waals surface area contributed by atoms with Crippen LogP contribution in [0, 0.1) is 0 Å². The molecule has 2 aromatic rings. The number of rotatable bonds is 5. The Kier molecular flexibility index (Phi) is 4.28. The predicted molar refractivity (Wildman–Crippen MR) is 88.9 cm³/mol. The van der Waals surface area contributed by atoms with E-state index in [1.54, 1.807) is 10.9 Å². The van der Waals surface area contributed by atoms with Gasteiger partial charge in [0.05, 0.1) is 43.0 Å². The van der Waals surface area contributed by atoms with E-state index >= 15 is 0 Å². The second kappa shape index (κ2) is 6.57. The van der Waals surface area contributed by atoms with Gasteiger partial charge in [0.2, 0.25) is 0 Å². The molecule has 24 heavy (non-hydrogen) atoms. The van der Waals surface area contributed by atoms with E-state index in [2.05, 4.69) is 15.5 Å². The largest absolute Gasteiger partial charge is 0.483 e. The van der Waals surface area contributed by atoms with Crippen molar-refractivity contribution in [2.75, 3.05) is 13.2 Å². The van der Waals surface area contributed by atoms with Crippen LogP contribution in [0.4, 0.5) is 0 Å². The lowest BCUT2D eigenvalue weighted by molar-refractivity contribution is 0.139. The molecular weight excluding hydrogens is 306 g/mol. The average Bonchev–Trinajstić information content (AvgIpc) is 3.25. The predicted octanol–water partition coefficient (Wildman–Crippen LogP) is 0.968. The van der Waals surface area contributed by atoms with Gasteiger partial charge in [0.1, 0.15) is 6.10 Å². The van der Waals surface area contributed by atoms with Gasteiger partial charge in [-0.15, -0.1) is 0 Å². The highest BCUT2D eigenvalue weighted by Gasteiger charge is 2.31. The molecule has 1 aliphatic carbocycles. The second-order valence-electron chi connectivity index (χ2n) is 6.73. The van der Waals surface area contributed by atoms with Gasteiger partial charge in [0.25, 0.3) is 0 Å². The second-order valence-corrected chi connectivity index (χ2v) is 6.73. The molecule has 3 heterocycles. The third kappa shape index (κ3) is 3.06. The lowest BCUT2D eigenvalue weighted by Crippen LogP contribution is -2.42. The number of hydrogen-bond donors (Lipinski definition) is 1. The normalized spacial score (nSPS) is 23.4. The van der Waals surface area contributed by atoms with Crippen molar-refractivity contribution in [3.8, 4) is 5.75 Å². The standard InChI is InChI=1S/C17H25N5O2/c1-21-9-12(7-19-21)24-17-11-23-10-15(17)18-8-16-13-5-3-4-6-14(13)20-22(16)2/h7,9,15,17-18H,3-6,8,10-11H2,1-2H3/t15-,17+/m0/s1. The molecule has 2 aromatic heterocycles. The van der Waals surface area contributed by atoms with E-state index in [0.29, 0.717) is 13.2 Å². The lowest BCUT2D eigenvalue weighted by Gasteiger charge is -2.20. The lowest BCUT2D eigenvalue weighted by atomic mass is 9.96. The molecule has 0 radical (unpaired) electrons. The molecule has 0 amide bonds. The monoisotopic (exact) mass is 331 g/mol. The van der Waals surface area contributed by atoms with Crippen molar-refractivity contribution < 1.29 is 9.47 Å². The van der Waals surface area contributed by atoms with Gasteiger partial charge in [-0.25, -0.2) is 0 Å². The zero-order chi connectivity index (χ0) is 16.5. The SMILES string of the molecule is Cn1cc(O[C@@H]2COC[C@@H]2NCc2c3c(nn2C)CCCC3)cn1. The highest BCUT2D eigenvalue weighted by Crippen LogP contribution is 2.24. The summed E-state index contributed by atoms with van der Waals surface area (Å²) in [6.45, 7) is 2.08. The molecule has 1 fully saturated rings. The Labute approximate surface area is 141 Å². The van der Waals surface area contributed by atoms with Crippen molar-refractivity contribution in [2.24, 2.45) is 14.1 Å². The van der Waals surface area contributed by atoms with Crippen LogP contribution < -0.4 is 10.1 Å². The average molecular weight is 331 g/mol. The molecule has 0 spiro atoms. The smallest absolute Gasteiger partial charge is 0.157 e. The van der Waals surface area contributed by atoms with Gasteiger partial charge in [-0.2, -0.15) is 10.2 Å². The quantitative estimate of drug-likeness (QED) is 0.884. The van der Waals surface area contributed by atoms with Gasteiger partial charge in [0.15, 0.2) is 5.75 Å². The Hall–Kier alpha value is -1.86. The first-order valence-electron chi connectivity index (χ1n) is 8.71. The van der Waals surface area contributed by atoms with E-state index in [1.807, 2.05) is 25.0 Å². The third-order valence-electron chi connectivity index (χ3n) is 4.98. The van der Waals surface area contributed by atoms with Crippen molar-refractivity contribution in [1.29, 1.82) is 0 Å². The van der Waals surface area contributed by atoms with E-state index in [-0.39, 0.29) is 12.1 Å². The maximum atomic E-state index is 6.03. The van der Waals surface area contributed by atoms with Crippen LogP contribution in [0.15, 0.2) is 12.4 Å². The van der Waals surface area contributed by atoms with E-state index < -0.39 is 0 Å². The topological polar surface area (TPSA) is 66.1 Å². The number of hydrogen-bond acceptors (Lipinski definition) is 5. The summed E-state index contributed by atoms with van der Waals surface area (Å²) in [6.07, 6.45) is 8.43. The van der Waals surface area contributed by atoms with Crippen LogP contribution in [-0.4, -0.2) is 44.9 Å². The van der Waals surface area contributed by atoms with Crippen LogP contribution >= 0.6 is 0 Å². The molecule has 0 aromatic carbocycles. The first-order chi connectivity index (χ1) is 11.7. The summed E-state index contributed by atoms with van der Waals surface area (Å²) in [4.78, 5) is 0. The maximum absolute atomic E-state index is 6.03. The van der Waals surface area contributed by atoms with Crippen molar-refractivity contribution in [1.82, 2.24) is 24.9 Å². The third-order valence-corrected chi connectivity index (χ3v) is 4.98. The molecule has 4 rings (SSSR count). The molecular formula is C17H25N5O2. The van der Waals surface area contributed by atoms with Crippen LogP contribution in [0.5, 0.6) is 5.75 Å². The van der Waals surface area contributed by atoms with Gasteiger partial charge in [-0.3, -0.25) is 9.36 Å². The van der Waals surface area contributed by atoms with Crippen LogP contribution in [-0.2, 0) is 38.2 Å². The van der Waals surface area contributed by atoms with E-state index in [1.165, 1.54) is 29.8 Å². The maximum Gasteiger partial charge on any atom is 0.157 e. The van der Waals surface area contributed by atoms with Crippen molar-refractivity contribution >= 4 is 0 Å². The number of aromatic nitrogens is 4. The van der Waals surface area contributed by atoms with E-state index in [0.717, 1.165) is 25.1 Å². The van der Waals surface area contributed by atoms with Gasteiger partial charge >= 0.3 is 0 Å². The number of aryl methyl sites for hydroxylation is 3. The van der Waals surface area contributed by atoms with Crippen LogP contribution in [0.3, 0.4) is 0 Å². The minimum absolute atomic E-state index is 0.0123. The summed E-state index contributed by atoms with van der Waals surface area (Å²) >= 11 is 0. The summed E-state index contributed by atoms with van der Waals surface area (Å²) < 4.78 is 15.4. The Morgan fingerprint density at radius 2 is 2.17 bits per heavy atom. The van der Waals surface area contributed by atoms with Gasteiger partial charge in [-0.05, 0) is 31.2 Å². The summed E-state index contributed by atoms with van der Waals surface area (Å²) in [6, 6.07) is 0.180. The fourth-order valence-electron chi connectivity index (χ4n) is 3.67. The molecule has 2 atom stereocenters. The zero-order valence-electron chi connectivity index (χ0n) is 14.4. The minimum atomic E-state index is 0.0123. The van der Waals surface area contributed by atoms with E-state index in [4.69, 9.17) is 9.47 Å². The molecule has 0 saturated carbocycles. The van der Waals surface area contributed by atoms with Crippen LogP contribution in [0.25, 0.3) is 0 Å². The Morgan fingerprint density at radius 3 is 3.00 bits per heavy atom. The van der Waals surface area contributed by atoms with Gasteiger partial charge in [0, 0.05) is 20.6 Å². The van der Waals surface area contributed by atoms with Crippen LogP contribution in [0.2, 0.25) is 0 Å². The number of nitrogens with one attached hydrogen (secondary N) is 1. The first kappa shape index (κ1) is 15.7. The fourth-order valence-corrected chi connectivity index (χ4v) is 3.67. The summed E-state index contributed by atoms with van der Waals surface area (Å²) in [7, 11) is 3.93. The van der Waals surface area contributed by atoms with E-state index in [9.17, 15) is 0 Å². The minimum Gasteiger partial charge on any atom is -0.483 e. The molecule has 0 unspecified atom stereocenters.